The SMILES string of the molecule is C#CCC(N)C(=O)NC1CC(C)C1. The second-order valence-electron chi connectivity index (χ2n) is 3.80. The summed E-state index contributed by atoms with van der Waals surface area (Å²) in [4.78, 5) is 11.3. The number of nitrogens with two attached hydrogens (primary N) is 1. The fourth-order valence-electron chi connectivity index (χ4n) is 1.55. The standard InChI is InChI=1S/C10H16N2O/c1-3-4-9(11)10(13)12-8-5-7(2)6-8/h1,7-9H,4-6,11H2,2H3,(H,12,13). The number of amides is 1. The smallest absolute Gasteiger partial charge is 0.238 e. The third-order valence-corrected chi connectivity index (χ3v) is 2.39. The van der Waals surface area contributed by atoms with E-state index in [0.717, 1.165) is 18.8 Å². The van der Waals surface area contributed by atoms with Crippen molar-refractivity contribution in [3.05, 3.63) is 0 Å². The van der Waals surface area contributed by atoms with Crippen LogP contribution in [-0.2, 0) is 4.79 Å². The maximum Gasteiger partial charge on any atom is 0.238 e. The molecule has 0 saturated heterocycles. The van der Waals surface area contributed by atoms with Gasteiger partial charge in [-0.25, -0.2) is 0 Å². The van der Waals surface area contributed by atoms with Gasteiger partial charge in [-0.05, 0) is 18.8 Å². The molecule has 1 saturated carbocycles. The van der Waals surface area contributed by atoms with Gasteiger partial charge in [0.05, 0.1) is 6.04 Å². The van der Waals surface area contributed by atoms with Crippen LogP contribution in [0.3, 0.4) is 0 Å². The number of carbonyl (C=O) groups excluding carboxylic acids is 1. The lowest BCUT2D eigenvalue weighted by atomic mass is 9.82. The number of hydrogen-bond acceptors (Lipinski definition) is 2. The quantitative estimate of drug-likeness (QED) is 0.612. The van der Waals surface area contributed by atoms with Gasteiger partial charge in [-0.15, -0.1) is 12.3 Å². The molecule has 0 aromatic heterocycles. The number of nitrogens with one attached hydrogen (secondary N) is 1. The number of terminal acetylenes is 1. The summed E-state index contributed by atoms with van der Waals surface area (Å²) < 4.78 is 0. The van der Waals surface area contributed by atoms with Crippen LogP contribution in [-0.4, -0.2) is 18.0 Å². The number of rotatable bonds is 3. The molecule has 3 N–H and O–H groups in total. The molecule has 0 spiro atoms. The first-order chi connectivity index (χ1) is 6.13. The van der Waals surface area contributed by atoms with E-state index in [1.807, 2.05) is 0 Å². The van der Waals surface area contributed by atoms with Gasteiger partial charge in [-0.2, -0.15) is 0 Å². The lowest BCUT2D eigenvalue weighted by Crippen LogP contribution is -2.49. The molecule has 1 aliphatic carbocycles. The topological polar surface area (TPSA) is 55.1 Å². The van der Waals surface area contributed by atoms with E-state index < -0.39 is 6.04 Å². The molecule has 0 heterocycles. The van der Waals surface area contributed by atoms with Gasteiger partial charge in [0.1, 0.15) is 0 Å². The molecular weight excluding hydrogens is 164 g/mol. The average Bonchev–Trinajstić information content (AvgIpc) is 2.02. The summed E-state index contributed by atoms with van der Waals surface area (Å²) in [5.74, 6) is 3.00. The molecule has 3 heteroatoms. The minimum Gasteiger partial charge on any atom is -0.352 e. The molecule has 13 heavy (non-hydrogen) atoms. The first kappa shape index (κ1) is 10.1. The van der Waals surface area contributed by atoms with Gasteiger partial charge >= 0.3 is 0 Å². The van der Waals surface area contributed by atoms with Crippen molar-refractivity contribution in [3.63, 3.8) is 0 Å². The Morgan fingerprint density at radius 2 is 2.38 bits per heavy atom. The lowest BCUT2D eigenvalue weighted by Gasteiger charge is -2.33. The molecule has 0 aromatic rings. The molecule has 0 aromatic carbocycles. The molecule has 1 atom stereocenters. The molecule has 1 fully saturated rings. The van der Waals surface area contributed by atoms with E-state index in [0.29, 0.717) is 12.5 Å². The highest BCUT2D eigenvalue weighted by molar-refractivity contribution is 5.82. The maximum absolute atomic E-state index is 11.3. The van der Waals surface area contributed by atoms with Gasteiger partial charge in [0, 0.05) is 12.5 Å². The second kappa shape index (κ2) is 4.29. The normalized spacial score (nSPS) is 28.4. The zero-order valence-corrected chi connectivity index (χ0v) is 7.92. The van der Waals surface area contributed by atoms with Gasteiger partial charge in [0.15, 0.2) is 0 Å². The van der Waals surface area contributed by atoms with Gasteiger partial charge in [0.2, 0.25) is 5.91 Å². The Morgan fingerprint density at radius 3 is 2.85 bits per heavy atom. The van der Waals surface area contributed by atoms with Gasteiger partial charge in [0.25, 0.3) is 0 Å². The summed E-state index contributed by atoms with van der Waals surface area (Å²) in [6.07, 6.45) is 7.50. The molecule has 0 aliphatic heterocycles. The first-order valence-corrected chi connectivity index (χ1v) is 4.63. The Balaban J connectivity index is 2.22. The molecule has 3 nitrogen and oxygen atoms in total. The van der Waals surface area contributed by atoms with Crippen molar-refractivity contribution in [2.24, 2.45) is 11.7 Å². The fraction of sp³-hybridized carbons (Fsp3) is 0.700. The van der Waals surface area contributed by atoms with Crippen LogP contribution < -0.4 is 11.1 Å². The Bertz CT molecular complexity index is 226. The molecule has 1 unspecified atom stereocenters. The first-order valence-electron chi connectivity index (χ1n) is 4.63. The summed E-state index contributed by atoms with van der Waals surface area (Å²) in [5.41, 5.74) is 5.53. The molecule has 0 bridgehead atoms. The summed E-state index contributed by atoms with van der Waals surface area (Å²) >= 11 is 0. The Morgan fingerprint density at radius 1 is 1.77 bits per heavy atom. The van der Waals surface area contributed by atoms with Crippen LogP contribution in [0.1, 0.15) is 26.2 Å². The third kappa shape index (κ3) is 2.74. The Labute approximate surface area is 79.1 Å². The largest absolute Gasteiger partial charge is 0.352 e. The second-order valence-corrected chi connectivity index (χ2v) is 3.80. The van der Waals surface area contributed by atoms with Crippen LogP contribution in [0.2, 0.25) is 0 Å². The number of hydrogen-bond donors (Lipinski definition) is 2. The van der Waals surface area contributed by atoms with E-state index in [-0.39, 0.29) is 5.91 Å². The molecule has 1 aliphatic rings. The third-order valence-electron chi connectivity index (χ3n) is 2.39. The van der Waals surface area contributed by atoms with Gasteiger partial charge in [-0.3, -0.25) is 4.79 Å². The fourth-order valence-corrected chi connectivity index (χ4v) is 1.55. The van der Waals surface area contributed by atoms with E-state index in [4.69, 9.17) is 12.2 Å². The minimum atomic E-state index is -0.541. The van der Waals surface area contributed by atoms with E-state index >= 15 is 0 Å². The molecule has 1 amide bonds. The van der Waals surface area contributed by atoms with Crippen LogP contribution in [0.5, 0.6) is 0 Å². The Kier molecular flexibility index (Phi) is 3.32. The predicted molar refractivity (Wildman–Crippen MR) is 51.8 cm³/mol. The zero-order valence-electron chi connectivity index (χ0n) is 7.92. The van der Waals surface area contributed by atoms with Crippen LogP contribution >= 0.6 is 0 Å². The lowest BCUT2D eigenvalue weighted by molar-refractivity contribution is -0.123. The van der Waals surface area contributed by atoms with E-state index in [1.54, 1.807) is 0 Å². The summed E-state index contributed by atoms with van der Waals surface area (Å²) in [6, 6.07) is -0.216. The molecule has 72 valence electrons. The van der Waals surface area contributed by atoms with E-state index in [2.05, 4.69) is 18.2 Å². The van der Waals surface area contributed by atoms with Crippen molar-refractivity contribution in [1.82, 2.24) is 5.32 Å². The van der Waals surface area contributed by atoms with Crippen LogP contribution in [0.15, 0.2) is 0 Å². The molecule has 0 radical (unpaired) electrons. The highest BCUT2D eigenvalue weighted by Crippen LogP contribution is 2.26. The van der Waals surface area contributed by atoms with E-state index in [1.165, 1.54) is 0 Å². The monoisotopic (exact) mass is 180 g/mol. The summed E-state index contributed by atoms with van der Waals surface area (Å²) in [7, 11) is 0. The average molecular weight is 180 g/mol. The minimum absolute atomic E-state index is 0.116. The maximum atomic E-state index is 11.3. The van der Waals surface area contributed by atoms with Crippen molar-refractivity contribution in [2.75, 3.05) is 0 Å². The van der Waals surface area contributed by atoms with Crippen molar-refractivity contribution in [1.29, 1.82) is 0 Å². The van der Waals surface area contributed by atoms with Crippen molar-refractivity contribution >= 4 is 5.91 Å². The van der Waals surface area contributed by atoms with Gasteiger partial charge in [-0.1, -0.05) is 6.92 Å². The highest BCUT2D eigenvalue weighted by Gasteiger charge is 2.27. The van der Waals surface area contributed by atoms with Crippen LogP contribution in [0.25, 0.3) is 0 Å². The number of carbonyl (C=O) groups is 1. The summed E-state index contributed by atoms with van der Waals surface area (Å²) in [6.45, 7) is 2.17. The van der Waals surface area contributed by atoms with Crippen molar-refractivity contribution in [3.8, 4) is 12.3 Å². The molecule has 1 rings (SSSR count). The molecular formula is C10H16N2O. The van der Waals surface area contributed by atoms with Crippen molar-refractivity contribution in [2.45, 2.75) is 38.3 Å². The van der Waals surface area contributed by atoms with Crippen molar-refractivity contribution < 1.29 is 4.79 Å². The van der Waals surface area contributed by atoms with Crippen LogP contribution in [0, 0.1) is 18.3 Å². The highest BCUT2D eigenvalue weighted by atomic mass is 16.2. The van der Waals surface area contributed by atoms with E-state index in [9.17, 15) is 4.79 Å². The van der Waals surface area contributed by atoms with Crippen LogP contribution in [0.4, 0.5) is 0 Å². The zero-order chi connectivity index (χ0) is 9.84. The summed E-state index contributed by atoms with van der Waals surface area (Å²) in [5, 5.41) is 2.87. The van der Waals surface area contributed by atoms with Gasteiger partial charge < -0.3 is 11.1 Å². The predicted octanol–water partition coefficient (Wildman–Crippen LogP) is 0.252. The Hall–Kier alpha value is -1.01.